The third-order valence-electron chi connectivity index (χ3n) is 2.62. The summed E-state index contributed by atoms with van der Waals surface area (Å²) in [5, 5.41) is 11.5. The molecular formula is C10H20N2O2S. The lowest BCUT2D eigenvalue weighted by atomic mass is 10.2. The van der Waals surface area contributed by atoms with Crippen LogP contribution < -0.4 is 5.32 Å². The second-order valence-electron chi connectivity index (χ2n) is 4.12. The zero-order chi connectivity index (χ0) is 11.1. The fourth-order valence-electron chi connectivity index (χ4n) is 1.82. The van der Waals surface area contributed by atoms with E-state index in [1.54, 1.807) is 0 Å². The molecule has 2 N–H and O–H groups in total. The molecule has 1 fully saturated rings. The number of nitrogens with zero attached hydrogens (tertiary/aromatic N) is 1. The number of thiocarbonyl (C=S) groups is 1. The first-order valence-electron chi connectivity index (χ1n) is 5.42. The Morgan fingerprint density at radius 1 is 1.60 bits per heavy atom. The predicted octanol–water partition coefficient (Wildman–Crippen LogP) is 0.920. The van der Waals surface area contributed by atoms with Gasteiger partial charge in [-0.05, 0) is 32.9 Å². The standard InChI is InChI=1S/C10H20N2O2S/c1-12(4-2-3-5-14-13)8-9-6-10(15)7-11-9/h9,11,13H,2-8H2,1H3. The van der Waals surface area contributed by atoms with Crippen LogP contribution in [0.25, 0.3) is 0 Å². The van der Waals surface area contributed by atoms with Gasteiger partial charge in [-0.3, -0.25) is 5.26 Å². The first kappa shape index (κ1) is 13.0. The van der Waals surface area contributed by atoms with Crippen LogP contribution in [0.15, 0.2) is 0 Å². The topological polar surface area (TPSA) is 44.7 Å². The summed E-state index contributed by atoms with van der Waals surface area (Å²) in [6.07, 6.45) is 2.98. The van der Waals surface area contributed by atoms with Gasteiger partial charge in [-0.15, -0.1) is 0 Å². The third kappa shape index (κ3) is 5.53. The highest BCUT2D eigenvalue weighted by Gasteiger charge is 2.19. The molecule has 1 atom stereocenters. The summed E-state index contributed by atoms with van der Waals surface area (Å²) in [5.41, 5.74) is 0. The van der Waals surface area contributed by atoms with Gasteiger partial charge in [0.25, 0.3) is 0 Å². The normalized spacial score (nSPS) is 21.5. The monoisotopic (exact) mass is 232 g/mol. The largest absolute Gasteiger partial charge is 0.308 e. The summed E-state index contributed by atoms with van der Waals surface area (Å²) in [5.74, 6) is 0. The van der Waals surface area contributed by atoms with Crippen LogP contribution in [0.2, 0.25) is 0 Å². The van der Waals surface area contributed by atoms with Gasteiger partial charge in [0.2, 0.25) is 0 Å². The van der Waals surface area contributed by atoms with E-state index in [4.69, 9.17) is 17.5 Å². The Labute approximate surface area is 96.5 Å². The minimum atomic E-state index is 0.430. The molecule has 1 aliphatic heterocycles. The van der Waals surface area contributed by atoms with Crippen molar-refractivity contribution < 1.29 is 10.1 Å². The maximum atomic E-state index is 8.15. The van der Waals surface area contributed by atoms with E-state index in [9.17, 15) is 0 Å². The van der Waals surface area contributed by atoms with Crippen LogP contribution in [0.5, 0.6) is 0 Å². The number of nitrogens with one attached hydrogen (secondary N) is 1. The van der Waals surface area contributed by atoms with E-state index in [2.05, 4.69) is 22.2 Å². The van der Waals surface area contributed by atoms with Gasteiger partial charge < -0.3 is 10.2 Å². The van der Waals surface area contributed by atoms with Crippen LogP contribution in [-0.2, 0) is 4.89 Å². The van der Waals surface area contributed by atoms with Crippen molar-refractivity contribution in [3.63, 3.8) is 0 Å². The van der Waals surface area contributed by atoms with E-state index in [1.165, 1.54) is 0 Å². The fraction of sp³-hybridized carbons (Fsp3) is 0.900. The van der Waals surface area contributed by atoms with Crippen molar-refractivity contribution in [3.8, 4) is 0 Å². The lowest BCUT2D eigenvalue weighted by molar-refractivity contribution is -0.242. The van der Waals surface area contributed by atoms with E-state index in [0.29, 0.717) is 12.6 Å². The maximum Gasteiger partial charge on any atom is 0.0820 e. The van der Waals surface area contributed by atoms with Crippen molar-refractivity contribution in [2.24, 2.45) is 0 Å². The Morgan fingerprint density at radius 3 is 3.00 bits per heavy atom. The van der Waals surface area contributed by atoms with Crippen molar-refractivity contribution in [2.75, 3.05) is 33.3 Å². The van der Waals surface area contributed by atoms with Gasteiger partial charge >= 0.3 is 0 Å². The van der Waals surface area contributed by atoms with Crippen LogP contribution in [-0.4, -0.2) is 54.4 Å². The van der Waals surface area contributed by atoms with Crippen molar-refractivity contribution in [1.29, 1.82) is 0 Å². The SMILES string of the molecule is CN(CCCCOO)CC1CC(=S)CN1. The van der Waals surface area contributed by atoms with Gasteiger partial charge in [0, 0.05) is 24.0 Å². The van der Waals surface area contributed by atoms with Gasteiger partial charge in [-0.2, -0.15) is 0 Å². The molecule has 0 saturated carbocycles. The molecule has 5 heteroatoms. The summed E-state index contributed by atoms with van der Waals surface area (Å²) >= 11 is 5.15. The summed E-state index contributed by atoms with van der Waals surface area (Å²) in [6.45, 7) is 3.40. The van der Waals surface area contributed by atoms with Crippen molar-refractivity contribution >= 4 is 17.1 Å². The Hall–Kier alpha value is -0.0700. The summed E-state index contributed by atoms with van der Waals surface area (Å²) < 4.78 is 0. The number of rotatable bonds is 7. The third-order valence-corrected chi connectivity index (χ3v) is 2.93. The summed E-state index contributed by atoms with van der Waals surface area (Å²) in [4.78, 5) is 7.46. The van der Waals surface area contributed by atoms with E-state index in [1.807, 2.05) is 0 Å². The average molecular weight is 232 g/mol. The van der Waals surface area contributed by atoms with Crippen LogP contribution in [0.4, 0.5) is 0 Å². The summed E-state index contributed by atoms with van der Waals surface area (Å²) in [7, 11) is 2.11. The smallest absolute Gasteiger partial charge is 0.0820 e. The van der Waals surface area contributed by atoms with E-state index < -0.39 is 0 Å². The molecule has 1 saturated heterocycles. The first-order valence-corrected chi connectivity index (χ1v) is 5.83. The number of likely N-dealkylation sites (N-methyl/N-ethyl adjacent to an activating group) is 1. The fourth-order valence-corrected chi connectivity index (χ4v) is 2.11. The molecule has 1 heterocycles. The van der Waals surface area contributed by atoms with Crippen molar-refractivity contribution in [1.82, 2.24) is 10.2 Å². The number of unbranched alkanes of at least 4 members (excludes halogenated alkanes) is 1. The Balaban J connectivity index is 2.02. The first-order chi connectivity index (χ1) is 7.22. The van der Waals surface area contributed by atoms with Gasteiger partial charge in [0.05, 0.1) is 6.61 Å². The van der Waals surface area contributed by atoms with Gasteiger partial charge in [0.1, 0.15) is 0 Å². The van der Waals surface area contributed by atoms with Crippen LogP contribution in [0, 0.1) is 0 Å². The lowest BCUT2D eigenvalue weighted by Gasteiger charge is -2.20. The van der Waals surface area contributed by atoms with E-state index >= 15 is 0 Å². The Kier molecular flexibility index (Phi) is 6.28. The molecule has 15 heavy (non-hydrogen) atoms. The van der Waals surface area contributed by atoms with Gasteiger partial charge in [0.15, 0.2) is 0 Å². The molecule has 1 aliphatic rings. The molecule has 0 aromatic heterocycles. The van der Waals surface area contributed by atoms with Crippen LogP contribution >= 0.6 is 12.2 Å². The molecule has 4 nitrogen and oxygen atoms in total. The second kappa shape index (κ2) is 7.24. The molecule has 0 bridgehead atoms. The molecule has 0 spiro atoms. The van der Waals surface area contributed by atoms with Crippen molar-refractivity contribution in [2.45, 2.75) is 25.3 Å². The highest BCUT2D eigenvalue weighted by Crippen LogP contribution is 2.05. The Bertz CT molecular complexity index is 202. The Morgan fingerprint density at radius 2 is 2.40 bits per heavy atom. The maximum absolute atomic E-state index is 8.15. The molecule has 1 unspecified atom stereocenters. The zero-order valence-electron chi connectivity index (χ0n) is 9.24. The average Bonchev–Trinajstić information content (AvgIpc) is 2.59. The molecule has 0 aromatic carbocycles. The molecule has 0 aromatic rings. The second-order valence-corrected chi connectivity index (χ2v) is 4.70. The minimum Gasteiger partial charge on any atom is -0.308 e. The van der Waals surface area contributed by atoms with Gasteiger partial charge in [-0.1, -0.05) is 12.2 Å². The highest BCUT2D eigenvalue weighted by molar-refractivity contribution is 7.80. The predicted molar refractivity (Wildman–Crippen MR) is 64.3 cm³/mol. The molecule has 0 aliphatic carbocycles. The number of hydrogen-bond donors (Lipinski definition) is 2. The van der Waals surface area contributed by atoms with Gasteiger partial charge in [-0.25, -0.2) is 4.89 Å². The molecule has 0 radical (unpaired) electrons. The molecule has 1 rings (SSSR count). The number of hydrogen-bond acceptors (Lipinski definition) is 5. The minimum absolute atomic E-state index is 0.430. The van der Waals surface area contributed by atoms with Crippen LogP contribution in [0.1, 0.15) is 19.3 Å². The molecule has 0 amide bonds. The summed E-state index contributed by atoms with van der Waals surface area (Å²) in [6, 6.07) is 0.525. The highest BCUT2D eigenvalue weighted by atomic mass is 32.1. The van der Waals surface area contributed by atoms with Crippen LogP contribution in [0.3, 0.4) is 0 Å². The van der Waals surface area contributed by atoms with E-state index in [-0.39, 0.29) is 0 Å². The molecular weight excluding hydrogens is 212 g/mol. The molecule has 88 valence electrons. The quantitative estimate of drug-likeness (QED) is 0.296. The zero-order valence-corrected chi connectivity index (χ0v) is 10.1. The van der Waals surface area contributed by atoms with E-state index in [0.717, 1.165) is 43.8 Å². The lowest BCUT2D eigenvalue weighted by Crippen LogP contribution is -2.35. The van der Waals surface area contributed by atoms with Crippen molar-refractivity contribution in [3.05, 3.63) is 0 Å².